The second kappa shape index (κ2) is 5.43. The molecule has 2 aromatic rings. The summed E-state index contributed by atoms with van der Waals surface area (Å²) in [5.41, 5.74) is 3.28. The van der Waals surface area contributed by atoms with Crippen LogP contribution in [0.3, 0.4) is 0 Å². The predicted octanol–water partition coefficient (Wildman–Crippen LogP) is 2.32. The fourth-order valence-corrected chi connectivity index (χ4v) is 4.57. The maximum Gasteiger partial charge on any atom is 0.239 e. The Kier molecular flexibility index (Phi) is 3.29. The van der Waals surface area contributed by atoms with Crippen LogP contribution >= 0.6 is 0 Å². The lowest BCUT2D eigenvalue weighted by atomic mass is 9.81. The van der Waals surface area contributed by atoms with Crippen LogP contribution in [0.25, 0.3) is 0 Å². The van der Waals surface area contributed by atoms with Crippen LogP contribution < -0.4 is 4.90 Å². The number of anilines is 1. The highest BCUT2D eigenvalue weighted by atomic mass is 16.2. The number of rotatable bonds is 4. The van der Waals surface area contributed by atoms with E-state index in [9.17, 15) is 4.79 Å². The minimum Gasteiger partial charge on any atom is -0.311 e. The quantitative estimate of drug-likeness (QED) is 0.860. The number of likely N-dealkylation sites (tertiary alicyclic amines) is 1. The topological polar surface area (TPSA) is 41.4 Å². The Bertz CT molecular complexity index is 825. The molecule has 0 radical (unpaired) electrons. The average Bonchev–Trinajstić information content (AvgIpc) is 3.12. The third-order valence-corrected chi connectivity index (χ3v) is 6.02. The van der Waals surface area contributed by atoms with Crippen molar-refractivity contribution in [3.05, 3.63) is 47.8 Å². The SMILES string of the molecule is Cn1cc(CN2CC[C@]3(C2)C(=O)N(CC2CC2)c2ccccc23)cn1. The number of hydrogen-bond donors (Lipinski definition) is 0. The molecular formula is C20H24N4O. The molecule has 2 fully saturated rings. The largest absolute Gasteiger partial charge is 0.311 e. The summed E-state index contributed by atoms with van der Waals surface area (Å²) in [5, 5.41) is 4.27. The molecule has 5 nitrogen and oxygen atoms in total. The first kappa shape index (κ1) is 15.1. The minimum absolute atomic E-state index is 0.328. The van der Waals surface area contributed by atoms with Crippen LogP contribution in [0.15, 0.2) is 36.7 Å². The molecule has 0 unspecified atom stereocenters. The van der Waals surface area contributed by atoms with E-state index in [1.54, 1.807) is 0 Å². The molecule has 2 aliphatic heterocycles. The van der Waals surface area contributed by atoms with E-state index in [0.29, 0.717) is 11.8 Å². The summed E-state index contributed by atoms with van der Waals surface area (Å²) in [6.45, 7) is 3.55. The molecule has 130 valence electrons. The summed E-state index contributed by atoms with van der Waals surface area (Å²) in [6.07, 6.45) is 7.45. The molecular weight excluding hydrogens is 312 g/mol. The van der Waals surface area contributed by atoms with Crippen molar-refractivity contribution in [3.8, 4) is 0 Å². The van der Waals surface area contributed by atoms with Crippen LogP contribution in [0.1, 0.15) is 30.4 Å². The Labute approximate surface area is 148 Å². The van der Waals surface area contributed by atoms with Crippen LogP contribution in [0, 0.1) is 5.92 Å². The van der Waals surface area contributed by atoms with Gasteiger partial charge >= 0.3 is 0 Å². The Morgan fingerprint density at radius 2 is 2.12 bits per heavy atom. The van der Waals surface area contributed by atoms with Gasteiger partial charge in [0.05, 0.1) is 11.6 Å². The average molecular weight is 336 g/mol. The van der Waals surface area contributed by atoms with Gasteiger partial charge in [-0.15, -0.1) is 0 Å². The van der Waals surface area contributed by atoms with E-state index in [1.807, 2.05) is 17.9 Å². The number of nitrogens with zero attached hydrogens (tertiary/aromatic N) is 4. The highest BCUT2D eigenvalue weighted by Gasteiger charge is 2.54. The number of carbonyl (C=O) groups is 1. The van der Waals surface area contributed by atoms with Gasteiger partial charge in [-0.3, -0.25) is 14.4 Å². The van der Waals surface area contributed by atoms with Gasteiger partial charge in [0.1, 0.15) is 0 Å². The van der Waals surface area contributed by atoms with Gasteiger partial charge in [0.25, 0.3) is 0 Å². The van der Waals surface area contributed by atoms with Crippen LogP contribution in [0.2, 0.25) is 0 Å². The smallest absolute Gasteiger partial charge is 0.239 e. The lowest BCUT2D eigenvalue weighted by Gasteiger charge is -2.24. The van der Waals surface area contributed by atoms with E-state index in [1.165, 1.54) is 24.0 Å². The molecule has 1 aliphatic carbocycles. The third kappa shape index (κ3) is 2.41. The van der Waals surface area contributed by atoms with Crippen LogP contribution in [0.4, 0.5) is 5.69 Å². The normalized spacial score (nSPS) is 26.0. The number of aromatic nitrogens is 2. The second-order valence-electron chi connectivity index (χ2n) is 7.94. The van der Waals surface area contributed by atoms with Crippen molar-refractivity contribution < 1.29 is 4.79 Å². The van der Waals surface area contributed by atoms with E-state index in [2.05, 4.69) is 45.4 Å². The summed E-state index contributed by atoms with van der Waals surface area (Å²) in [6, 6.07) is 8.45. The van der Waals surface area contributed by atoms with Crippen molar-refractivity contribution in [1.29, 1.82) is 0 Å². The monoisotopic (exact) mass is 336 g/mol. The molecule has 1 amide bonds. The first-order valence-electron chi connectivity index (χ1n) is 9.27. The molecule has 1 aromatic carbocycles. The predicted molar refractivity (Wildman–Crippen MR) is 96.3 cm³/mol. The zero-order chi connectivity index (χ0) is 17.0. The number of carbonyl (C=O) groups excluding carboxylic acids is 1. The molecule has 0 N–H and O–H groups in total. The molecule has 3 aliphatic rings. The van der Waals surface area contributed by atoms with E-state index in [-0.39, 0.29) is 5.41 Å². The molecule has 1 atom stereocenters. The molecule has 25 heavy (non-hydrogen) atoms. The zero-order valence-corrected chi connectivity index (χ0v) is 14.7. The van der Waals surface area contributed by atoms with Gasteiger partial charge in [-0.25, -0.2) is 0 Å². The van der Waals surface area contributed by atoms with Crippen LogP contribution in [0.5, 0.6) is 0 Å². The van der Waals surface area contributed by atoms with Crippen molar-refractivity contribution in [2.24, 2.45) is 13.0 Å². The molecule has 1 aromatic heterocycles. The van der Waals surface area contributed by atoms with Gasteiger partial charge in [-0.1, -0.05) is 18.2 Å². The van der Waals surface area contributed by atoms with Gasteiger partial charge in [0.15, 0.2) is 0 Å². The number of hydrogen-bond acceptors (Lipinski definition) is 3. The molecule has 5 heteroatoms. The number of aryl methyl sites for hydroxylation is 1. The zero-order valence-electron chi connectivity index (χ0n) is 14.7. The maximum atomic E-state index is 13.4. The number of para-hydroxylation sites is 1. The van der Waals surface area contributed by atoms with Gasteiger partial charge < -0.3 is 4.90 Å². The fourth-order valence-electron chi connectivity index (χ4n) is 4.57. The first-order chi connectivity index (χ1) is 12.2. The molecule has 1 saturated carbocycles. The summed E-state index contributed by atoms with van der Waals surface area (Å²) in [4.78, 5) is 17.9. The molecule has 1 saturated heterocycles. The van der Waals surface area contributed by atoms with Crippen molar-refractivity contribution in [3.63, 3.8) is 0 Å². The van der Waals surface area contributed by atoms with Crippen LogP contribution in [-0.4, -0.2) is 40.2 Å². The first-order valence-corrected chi connectivity index (χ1v) is 9.27. The molecule has 3 heterocycles. The maximum absolute atomic E-state index is 13.4. The van der Waals surface area contributed by atoms with Gasteiger partial charge in [0.2, 0.25) is 5.91 Å². The van der Waals surface area contributed by atoms with E-state index < -0.39 is 0 Å². The van der Waals surface area contributed by atoms with E-state index in [4.69, 9.17) is 0 Å². The summed E-state index contributed by atoms with van der Waals surface area (Å²) < 4.78 is 1.84. The Balaban J connectivity index is 1.43. The van der Waals surface area contributed by atoms with E-state index in [0.717, 1.165) is 38.3 Å². The van der Waals surface area contributed by atoms with Crippen LogP contribution in [-0.2, 0) is 23.8 Å². The minimum atomic E-state index is -0.340. The standard InChI is InChI=1S/C20H24N4O/c1-22-11-16(10-21-22)12-23-9-8-20(14-23)17-4-2-3-5-18(17)24(19(20)25)13-15-6-7-15/h2-5,10-11,15H,6-9,12-14H2,1H3/t20-/m1/s1. The van der Waals surface area contributed by atoms with Crippen molar-refractivity contribution >= 4 is 11.6 Å². The van der Waals surface area contributed by atoms with Gasteiger partial charge in [-0.05, 0) is 43.4 Å². The summed E-state index contributed by atoms with van der Waals surface area (Å²) in [7, 11) is 1.95. The van der Waals surface area contributed by atoms with Crippen molar-refractivity contribution in [1.82, 2.24) is 14.7 Å². The third-order valence-electron chi connectivity index (χ3n) is 6.02. The van der Waals surface area contributed by atoms with Gasteiger partial charge in [0, 0.05) is 44.1 Å². The Morgan fingerprint density at radius 1 is 1.28 bits per heavy atom. The Hall–Kier alpha value is -2.14. The van der Waals surface area contributed by atoms with Crippen molar-refractivity contribution in [2.75, 3.05) is 24.5 Å². The fraction of sp³-hybridized carbons (Fsp3) is 0.500. The molecule has 1 spiro atoms. The molecule has 5 rings (SSSR count). The second-order valence-corrected chi connectivity index (χ2v) is 7.94. The number of fused-ring (bicyclic) bond motifs is 2. The summed E-state index contributed by atoms with van der Waals surface area (Å²) >= 11 is 0. The van der Waals surface area contributed by atoms with E-state index >= 15 is 0 Å². The number of amides is 1. The van der Waals surface area contributed by atoms with Gasteiger partial charge in [-0.2, -0.15) is 5.10 Å². The summed E-state index contributed by atoms with van der Waals surface area (Å²) in [5.74, 6) is 1.04. The lowest BCUT2D eigenvalue weighted by molar-refractivity contribution is -0.122. The van der Waals surface area contributed by atoms with Crippen molar-refractivity contribution in [2.45, 2.75) is 31.2 Å². The highest BCUT2D eigenvalue weighted by Crippen LogP contribution is 2.48. The Morgan fingerprint density at radius 3 is 2.88 bits per heavy atom. The number of benzene rings is 1. The molecule has 0 bridgehead atoms. The lowest BCUT2D eigenvalue weighted by Crippen LogP contribution is -2.43. The highest BCUT2D eigenvalue weighted by molar-refractivity contribution is 6.08.